The van der Waals surface area contributed by atoms with E-state index in [-0.39, 0.29) is 4.90 Å². The molecule has 0 aliphatic rings. The molecule has 0 aliphatic heterocycles. The Morgan fingerprint density at radius 3 is 2.74 bits per heavy atom. The summed E-state index contributed by atoms with van der Waals surface area (Å²) in [6, 6.07) is 0.412. The summed E-state index contributed by atoms with van der Waals surface area (Å²) in [6.45, 7) is 8.03. The van der Waals surface area contributed by atoms with Crippen LogP contribution in [0.3, 0.4) is 0 Å². The van der Waals surface area contributed by atoms with Crippen molar-refractivity contribution in [2.75, 3.05) is 20.1 Å². The molecule has 0 fully saturated rings. The highest BCUT2D eigenvalue weighted by Crippen LogP contribution is 2.13. The topological polar surface area (TPSA) is 67.2 Å². The van der Waals surface area contributed by atoms with Crippen molar-refractivity contribution in [2.24, 2.45) is 0 Å². The number of nitrogens with zero attached hydrogens (tertiary/aromatic N) is 3. The van der Waals surface area contributed by atoms with Crippen LogP contribution in [0.4, 0.5) is 0 Å². The van der Waals surface area contributed by atoms with Gasteiger partial charge in [-0.3, -0.25) is 4.68 Å². The highest BCUT2D eigenvalue weighted by Gasteiger charge is 2.21. The van der Waals surface area contributed by atoms with E-state index in [2.05, 4.69) is 24.3 Å². The molecule has 0 atom stereocenters. The third kappa shape index (κ3) is 4.59. The van der Waals surface area contributed by atoms with E-state index in [1.165, 1.54) is 10.5 Å². The largest absolute Gasteiger partial charge is 0.313 e. The Kier molecular flexibility index (Phi) is 5.96. The second-order valence-corrected chi connectivity index (χ2v) is 6.92. The predicted octanol–water partition coefficient (Wildman–Crippen LogP) is 0.912. The van der Waals surface area contributed by atoms with E-state index < -0.39 is 10.0 Å². The van der Waals surface area contributed by atoms with Gasteiger partial charge in [0.25, 0.3) is 0 Å². The Morgan fingerprint density at radius 1 is 1.47 bits per heavy atom. The van der Waals surface area contributed by atoms with Crippen LogP contribution in [0, 0.1) is 0 Å². The molecule has 0 aromatic carbocycles. The second kappa shape index (κ2) is 7.02. The molecule has 7 heteroatoms. The molecule has 1 heterocycles. The van der Waals surface area contributed by atoms with Gasteiger partial charge in [-0.05, 0) is 6.42 Å². The number of nitrogens with one attached hydrogen (secondary N) is 1. The Bertz CT molecular complexity index is 482. The maximum absolute atomic E-state index is 12.2. The van der Waals surface area contributed by atoms with Crippen molar-refractivity contribution in [3.8, 4) is 0 Å². The lowest BCUT2D eigenvalue weighted by Crippen LogP contribution is -2.27. The van der Waals surface area contributed by atoms with Crippen molar-refractivity contribution in [2.45, 2.75) is 44.7 Å². The van der Waals surface area contributed by atoms with Gasteiger partial charge < -0.3 is 5.32 Å². The molecular weight excluding hydrogens is 264 g/mol. The van der Waals surface area contributed by atoms with Crippen LogP contribution < -0.4 is 5.32 Å². The molecule has 0 radical (unpaired) electrons. The van der Waals surface area contributed by atoms with Gasteiger partial charge in [0.1, 0.15) is 4.90 Å². The smallest absolute Gasteiger partial charge is 0.245 e. The summed E-state index contributed by atoms with van der Waals surface area (Å²) in [5, 5.41) is 7.36. The van der Waals surface area contributed by atoms with Gasteiger partial charge in [-0.1, -0.05) is 20.8 Å². The Hall–Kier alpha value is -0.920. The minimum Gasteiger partial charge on any atom is -0.313 e. The Labute approximate surface area is 115 Å². The van der Waals surface area contributed by atoms with Crippen molar-refractivity contribution < 1.29 is 8.42 Å². The number of rotatable bonds is 8. The van der Waals surface area contributed by atoms with Crippen LogP contribution in [-0.2, 0) is 16.6 Å². The Morgan fingerprint density at radius 2 is 2.16 bits per heavy atom. The van der Waals surface area contributed by atoms with Gasteiger partial charge >= 0.3 is 0 Å². The summed E-state index contributed by atoms with van der Waals surface area (Å²) in [5.41, 5.74) is 0. The molecule has 19 heavy (non-hydrogen) atoms. The molecule has 0 saturated carbocycles. The first kappa shape index (κ1) is 16.1. The standard InChI is InChI=1S/C12H24N4O2S/c1-5-7-15(4)19(17,18)12-9-14-16(10-12)8-6-13-11(2)3/h9-11,13H,5-8H2,1-4H3. The van der Waals surface area contributed by atoms with Crippen LogP contribution in [-0.4, -0.2) is 48.7 Å². The second-order valence-electron chi connectivity index (χ2n) is 4.87. The molecule has 1 N–H and O–H groups in total. The SMILES string of the molecule is CCCN(C)S(=O)(=O)c1cnn(CCNC(C)C)c1. The fourth-order valence-corrected chi connectivity index (χ4v) is 2.90. The van der Waals surface area contributed by atoms with E-state index in [4.69, 9.17) is 0 Å². The monoisotopic (exact) mass is 288 g/mol. The van der Waals surface area contributed by atoms with Crippen LogP contribution >= 0.6 is 0 Å². The highest BCUT2D eigenvalue weighted by atomic mass is 32.2. The molecule has 6 nitrogen and oxygen atoms in total. The van der Waals surface area contributed by atoms with Gasteiger partial charge in [0.05, 0.1) is 12.7 Å². The molecular formula is C12H24N4O2S. The maximum Gasteiger partial charge on any atom is 0.245 e. The quantitative estimate of drug-likeness (QED) is 0.772. The normalized spacial score (nSPS) is 12.5. The van der Waals surface area contributed by atoms with Gasteiger partial charge in [0.2, 0.25) is 10.0 Å². The molecule has 1 aromatic heterocycles. The summed E-state index contributed by atoms with van der Waals surface area (Å²) in [6.07, 6.45) is 3.79. The number of sulfonamides is 1. The molecule has 0 aliphatic carbocycles. The van der Waals surface area contributed by atoms with Crippen LogP contribution in [0.25, 0.3) is 0 Å². The van der Waals surface area contributed by atoms with Gasteiger partial charge in [-0.25, -0.2) is 12.7 Å². The van der Waals surface area contributed by atoms with E-state index >= 15 is 0 Å². The van der Waals surface area contributed by atoms with Crippen molar-refractivity contribution in [3.63, 3.8) is 0 Å². The lowest BCUT2D eigenvalue weighted by atomic mass is 10.4. The molecule has 1 aromatic rings. The zero-order valence-corrected chi connectivity index (χ0v) is 12.9. The lowest BCUT2D eigenvalue weighted by molar-refractivity contribution is 0.468. The highest BCUT2D eigenvalue weighted by molar-refractivity contribution is 7.89. The van der Waals surface area contributed by atoms with E-state index in [0.29, 0.717) is 19.1 Å². The maximum atomic E-state index is 12.2. The first-order chi connectivity index (χ1) is 8.87. The molecule has 0 spiro atoms. The minimum absolute atomic E-state index is 0.257. The first-order valence-electron chi connectivity index (χ1n) is 6.60. The number of hydrogen-bond acceptors (Lipinski definition) is 4. The van der Waals surface area contributed by atoms with Crippen LogP contribution in [0.1, 0.15) is 27.2 Å². The van der Waals surface area contributed by atoms with Crippen LogP contribution in [0.2, 0.25) is 0 Å². The van der Waals surface area contributed by atoms with E-state index in [9.17, 15) is 8.42 Å². The molecule has 1 rings (SSSR count). The average molecular weight is 288 g/mol. The van der Waals surface area contributed by atoms with Crippen molar-refractivity contribution in [3.05, 3.63) is 12.4 Å². The molecule has 0 unspecified atom stereocenters. The zero-order valence-electron chi connectivity index (χ0n) is 12.1. The summed E-state index contributed by atoms with van der Waals surface area (Å²) >= 11 is 0. The minimum atomic E-state index is -3.39. The molecule has 0 saturated heterocycles. The first-order valence-corrected chi connectivity index (χ1v) is 8.04. The number of hydrogen-bond donors (Lipinski definition) is 1. The van der Waals surface area contributed by atoms with Crippen molar-refractivity contribution in [1.29, 1.82) is 0 Å². The van der Waals surface area contributed by atoms with Crippen LogP contribution in [0.15, 0.2) is 17.3 Å². The van der Waals surface area contributed by atoms with Crippen molar-refractivity contribution in [1.82, 2.24) is 19.4 Å². The van der Waals surface area contributed by atoms with Crippen LogP contribution in [0.5, 0.6) is 0 Å². The van der Waals surface area contributed by atoms with Gasteiger partial charge in [0, 0.05) is 32.4 Å². The van der Waals surface area contributed by atoms with E-state index in [1.807, 2.05) is 6.92 Å². The number of aromatic nitrogens is 2. The lowest BCUT2D eigenvalue weighted by Gasteiger charge is -2.14. The third-order valence-electron chi connectivity index (χ3n) is 2.75. The molecule has 0 amide bonds. The van der Waals surface area contributed by atoms with E-state index in [1.54, 1.807) is 17.9 Å². The average Bonchev–Trinajstić information content (AvgIpc) is 2.78. The fraction of sp³-hybridized carbons (Fsp3) is 0.750. The third-order valence-corrected chi connectivity index (χ3v) is 4.56. The van der Waals surface area contributed by atoms with Gasteiger partial charge in [-0.15, -0.1) is 0 Å². The fourth-order valence-electron chi connectivity index (χ4n) is 1.68. The zero-order chi connectivity index (χ0) is 14.5. The predicted molar refractivity (Wildman–Crippen MR) is 75.5 cm³/mol. The molecule has 0 bridgehead atoms. The van der Waals surface area contributed by atoms with E-state index in [0.717, 1.165) is 13.0 Å². The summed E-state index contributed by atoms with van der Waals surface area (Å²) in [5.74, 6) is 0. The summed E-state index contributed by atoms with van der Waals surface area (Å²) in [4.78, 5) is 0.257. The van der Waals surface area contributed by atoms with Gasteiger partial charge in [-0.2, -0.15) is 5.10 Å². The summed E-state index contributed by atoms with van der Waals surface area (Å²) < 4.78 is 27.4. The van der Waals surface area contributed by atoms with Crippen molar-refractivity contribution >= 4 is 10.0 Å². The molecule has 110 valence electrons. The summed E-state index contributed by atoms with van der Waals surface area (Å²) in [7, 11) is -1.80. The Balaban J connectivity index is 2.68. The van der Waals surface area contributed by atoms with Gasteiger partial charge in [0.15, 0.2) is 0 Å².